The molecule has 0 aliphatic heterocycles. The third-order valence-electron chi connectivity index (χ3n) is 1.99. The molecule has 0 aromatic carbocycles. The van der Waals surface area contributed by atoms with Crippen LogP contribution >= 0.6 is 15.9 Å². The number of hydrogen-bond acceptors (Lipinski definition) is 1. The Balaban J connectivity index is 2.74. The molecule has 1 rings (SSSR count). The number of pyridine rings is 1. The summed E-state index contributed by atoms with van der Waals surface area (Å²) in [5.74, 6) is 0. The maximum absolute atomic E-state index is 4.35. The van der Waals surface area contributed by atoms with Crippen molar-refractivity contribution in [1.82, 2.24) is 4.98 Å². The van der Waals surface area contributed by atoms with Crippen molar-refractivity contribution in [2.75, 3.05) is 5.33 Å². The van der Waals surface area contributed by atoms with Gasteiger partial charge >= 0.3 is 0 Å². The molecule has 1 heterocycles. The first kappa shape index (κ1) is 10.7. The molecule has 0 saturated carbocycles. The molecule has 0 amide bonds. The van der Waals surface area contributed by atoms with Crippen LogP contribution in [-0.2, 0) is 6.42 Å². The summed E-state index contributed by atoms with van der Waals surface area (Å²) < 4.78 is 0. The first-order valence-corrected chi connectivity index (χ1v) is 5.63. The number of aromatic nitrogens is 1. The minimum atomic E-state index is 0.292. The van der Waals surface area contributed by atoms with Gasteiger partial charge in [0, 0.05) is 17.2 Å². The van der Waals surface area contributed by atoms with Crippen molar-refractivity contribution < 1.29 is 0 Å². The van der Waals surface area contributed by atoms with Crippen LogP contribution in [0.1, 0.15) is 25.1 Å². The van der Waals surface area contributed by atoms with Crippen molar-refractivity contribution in [3.8, 4) is 0 Å². The number of rotatable bonds is 3. The van der Waals surface area contributed by atoms with E-state index in [2.05, 4.69) is 47.8 Å². The molecule has 0 aliphatic rings. The maximum atomic E-state index is 4.35. The fourth-order valence-corrected chi connectivity index (χ4v) is 1.43. The van der Waals surface area contributed by atoms with Crippen molar-refractivity contribution in [1.29, 1.82) is 0 Å². The van der Waals surface area contributed by atoms with Crippen LogP contribution in [0.3, 0.4) is 0 Å². The van der Waals surface area contributed by atoms with Gasteiger partial charge in [-0.25, -0.2) is 0 Å². The Bertz CT molecular complexity index is 281. The molecule has 1 aromatic rings. The highest BCUT2D eigenvalue weighted by atomic mass is 79.9. The molecule has 1 nitrogen and oxygen atoms in total. The van der Waals surface area contributed by atoms with Gasteiger partial charge in [-0.15, -0.1) is 0 Å². The van der Waals surface area contributed by atoms with Gasteiger partial charge in [-0.05, 0) is 36.5 Å². The molecule has 0 aliphatic carbocycles. The zero-order valence-electron chi connectivity index (χ0n) is 8.47. The Morgan fingerprint density at radius 2 is 2.15 bits per heavy atom. The van der Waals surface area contributed by atoms with Gasteiger partial charge in [0.25, 0.3) is 0 Å². The van der Waals surface area contributed by atoms with Crippen molar-refractivity contribution in [2.45, 2.75) is 27.2 Å². The Labute approximate surface area is 88.7 Å². The van der Waals surface area contributed by atoms with Gasteiger partial charge in [-0.2, -0.15) is 0 Å². The lowest BCUT2D eigenvalue weighted by atomic mass is 9.90. The Kier molecular flexibility index (Phi) is 3.48. The van der Waals surface area contributed by atoms with Gasteiger partial charge in [0.1, 0.15) is 0 Å². The summed E-state index contributed by atoms with van der Waals surface area (Å²) in [7, 11) is 0. The van der Waals surface area contributed by atoms with Crippen LogP contribution in [0.25, 0.3) is 0 Å². The minimum absolute atomic E-state index is 0.292. The van der Waals surface area contributed by atoms with Crippen LogP contribution < -0.4 is 0 Å². The molecular weight excluding hydrogens is 226 g/mol. The molecule has 13 heavy (non-hydrogen) atoms. The van der Waals surface area contributed by atoms with Crippen LogP contribution in [0.2, 0.25) is 0 Å². The van der Waals surface area contributed by atoms with E-state index < -0.39 is 0 Å². The molecule has 0 saturated heterocycles. The summed E-state index contributed by atoms with van der Waals surface area (Å²) in [5.41, 5.74) is 2.76. The summed E-state index contributed by atoms with van der Waals surface area (Å²) in [6.45, 7) is 6.59. The van der Waals surface area contributed by atoms with Gasteiger partial charge in [-0.1, -0.05) is 29.8 Å². The second-order valence-electron chi connectivity index (χ2n) is 4.30. The summed E-state index contributed by atoms with van der Waals surface area (Å²) in [4.78, 5) is 4.35. The van der Waals surface area contributed by atoms with Gasteiger partial charge in [0.2, 0.25) is 0 Å². The molecule has 1 aromatic heterocycles. The first-order chi connectivity index (χ1) is 6.03. The van der Waals surface area contributed by atoms with E-state index in [9.17, 15) is 0 Å². The molecule has 0 atom stereocenters. The van der Waals surface area contributed by atoms with E-state index in [1.165, 1.54) is 11.3 Å². The predicted molar refractivity (Wildman–Crippen MR) is 60.3 cm³/mol. The highest BCUT2D eigenvalue weighted by molar-refractivity contribution is 9.09. The summed E-state index contributed by atoms with van der Waals surface area (Å²) in [6.07, 6.45) is 2.91. The summed E-state index contributed by atoms with van der Waals surface area (Å²) in [6, 6.07) is 4.19. The topological polar surface area (TPSA) is 12.9 Å². The normalized spacial score (nSPS) is 11.7. The largest absolute Gasteiger partial charge is 0.261 e. The third-order valence-corrected chi connectivity index (χ3v) is 3.51. The number of aryl methyl sites for hydroxylation is 1. The van der Waals surface area contributed by atoms with Gasteiger partial charge in [0.05, 0.1) is 0 Å². The van der Waals surface area contributed by atoms with Crippen molar-refractivity contribution >= 4 is 15.9 Å². The molecule has 0 unspecified atom stereocenters. The molecule has 0 spiro atoms. The molecule has 0 bridgehead atoms. The molecule has 0 radical (unpaired) electrons. The van der Waals surface area contributed by atoms with Crippen molar-refractivity contribution in [3.05, 3.63) is 29.6 Å². The van der Waals surface area contributed by atoms with E-state index in [4.69, 9.17) is 0 Å². The molecular formula is C11H16BrN. The molecule has 0 fully saturated rings. The second kappa shape index (κ2) is 4.23. The Morgan fingerprint density at radius 1 is 1.46 bits per heavy atom. The van der Waals surface area contributed by atoms with Crippen molar-refractivity contribution in [2.24, 2.45) is 5.41 Å². The maximum Gasteiger partial charge on any atom is 0.0411 e. The number of nitrogens with zero attached hydrogens (tertiary/aromatic N) is 1. The van der Waals surface area contributed by atoms with E-state index >= 15 is 0 Å². The first-order valence-electron chi connectivity index (χ1n) is 4.51. The average molecular weight is 242 g/mol. The molecule has 0 N–H and O–H groups in total. The fraction of sp³-hybridized carbons (Fsp3) is 0.545. The standard InChI is InChI=1S/C11H16BrN/c1-9-4-5-13-10(6-9)7-11(2,3)8-12/h4-6H,7-8H2,1-3H3. The lowest BCUT2D eigenvalue weighted by Gasteiger charge is -2.20. The Morgan fingerprint density at radius 3 is 2.69 bits per heavy atom. The number of halogens is 1. The Hall–Kier alpha value is -0.370. The minimum Gasteiger partial charge on any atom is -0.261 e. The zero-order chi connectivity index (χ0) is 9.90. The van der Waals surface area contributed by atoms with Gasteiger partial charge < -0.3 is 0 Å². The van der Waals surface area contributed by atoms with Crippen LogP contribution in [0.15, 0.2) is 18.3 Å². The lowest BCUT2D eigenvalue weighted by molar-refractivity contribution is 0.419. The van der Waals surface area contributed by atoms with Crippen LogP contribution in [0, 0.1) is 12.3 Å². The SMILES string of the molecule is Cc1ccnc(CC(C)(C)CBr)c1. The number of alkyl halides is 1. The fourth-order valence-electron chi connectivity index (χ4n) is 1.23. The third kappa shape index (κ3) is 3.47. The summed E-state index contributed by atoms with van der Waals surface area (Å²) in [5, 5.41) is 1.01. The van der Waals surface area contributed by atoms with E-state index in [0.717, 1.165) is 11.8 Å². The van der Waals surface area contributed by atoms with Crippen LogP contribution in [0.4, 0.5) is 0 Å². The second-order valence-corrected chi connectivity index (χ2v) is 4.86. The summed E-state index contributed by atoms with van der Waals surface area (Å²) >= 11 is 3.52. The lowest BCUT2D eigenvalue weighted by Crippen LogP contribution is -2.17. The van der Waals surface area contributed by atoms with E-state index in [1.807, 2.05) is 12.3 Å². The van der Waals surface area contributed by atoms with Crippen LogP contribution in [0.5, 0.6) is 0 Å². The van der Waals surface area contributed by atoms with E-state index in [-0.39, 0.29) is 0 Å². The van der Waals surface area contributed by atoms with Crippen molar-refractivity contribution in [3.63, 3.8) is 0 Å². The molecule has 72 valence electrons. The van der Waals surface area contributed by atoms with E-state index in [1.54, 1.807) is 0 Å². The quantitative estimate of drug-likeness (QED) is 0.740. The highest BCUT2D eigenvalue weighted by Crippen LogP contribution is 2.23. The smallest absolute Gasteiger partial charge is 0.0411 e. The van der Waals surface area contributed by atoms with Gasteiger partial charge in [-0.3, -0.25) is 4.98 Å². The zero-order valence-corrected chi connectivity index (χ0v) is 10.1. The van der Waals surface area contributed by atoms with Gasteiger partial charge in [0.15, 0.2) is 0 Å². The number of hydrogen-bond donors (Lipinski definition) is 0. The molecule has 2 heteroatoms. The van der Waals surface area contributed by atoms with E-state index in [0.29, 0.717) is 5.41 Å². The van der Waals surface area contributed by atoms with Crippen LogP contribution in [-0.4, -0.2) is 10.3 Å². The average Bonchev–Trinajstić information content (AvgIpc) is 2.03. The predicted octanol–water partition coefficient (Wildman–Crippen LogP) is 3.35. The monoisotopic (exact) mass is 241 g/mol. The highest BCUT2D eigenvalue weighted by Gasteiger charge is 2.17.